The number of nitrogens with zero attached hydrogens (tertiary/aromatic N) is 1. The number of carbonyl (C=O) groups is 1. The maximum absolute atomic E-state index is 11.7. The van der Waals surface area contributed by atoms with E-state index in [9.17, 15) is 4.79 Å². The number of hydrogen-bond acceptors (Lipinski definition) is 2. The highest BCUT2D eigenvalue weighted by Gasteiger charge is 2.41. The van der Waals surface area contributed by atoms with Crippen molar-refractivity contribution in [3.63, 3.8) is 0 Å². The van der Waals surface area contributed by atoms with Gasteiger partial charge in [-0.15, -0.1) is 0 Å². The Hall–Kier alpha value is -0.770. The third-order valence-electron chi connectivity index (χ3n) is 3.04. The van der Waals surface area contributed by atoms with Crippen molar-refractivity contribution in [1.82, 2.24) is 10.2 Å². The van der Waals surface area contributed by atoms with E-state index < -0.39 is 0 Å². The molecule has 4 nitrogen and oxygen atoms in total. The van der Waals surface area contributed by atoms with E-state index in [0.29, 0.717) is 0 Å². The third kappa shape index (κ3) is 2.00. The van der Waals surface area contributed by atoms with Gasteiger partial charge in [-0.05, 0) is 26.7 Å². The second kappa shape index (κ2) is 4.17. The van der Waals surface area contributed by atoms with Gasteiger partial charge < -0.3 is 16.0 Å². The first-order chi connectivity index (χ1) is 6.50. The number of nitrogens with two attached hydrogens (primary N) is 1. The number of nitrogens with one attached hydrogen (secondary N) is 1. The van der Waals surface area contributed by atoms with E-state index in [0.717, 1.165) is 25.9 Å². The Balaban J connectivity index is 2.56. The molecule has 0 aromatic carbocycles. The van der Waals surface area contributed by atoms with Crippen LogP contribution >= 0.6 is 0 Å². The van der Waals surface area contributed by atoms with E-state index in [1.165, 1.54) is 0 Å². The van der Waals surface area contributed by atoms with Crippen LogP contribution in [0.4, 0.5) is 4.79 Å². The minimum Gasteiger partial charge on any atom is -0.338 e. The summed E-state index contributed by atoms with van der Waals surface area (Å²) in [5.41, 5.74) is 5.74. The van der Waals surface area contributed by atoms with Crippen LogP contribution in [0.2, 0.25) is 0 Å². The molecule has 0 aromatic rings. The van der Waals surface area contributed by atoms with Crippen molar-refractivity contribution in [2.75, 3.05) is 13.1 Å². The van der Waals surface area contributed by atoms with Gasteiger partial charge in [0.25, 0.3) is 0 Å². The number of urea groups is 1. The maximum atomic E-state index is 11.7. The molecule has 0 radical (unpaired) electrons. The molecule has 0 aliphatic carbocycles. The van der Waals surface area contributed by atoms with Gasteiger partial charge in [-0.1, -0.05) is 6.92 Å². The normalized spacial score (nSPS) is 25.1. The summed E-state index contributed by atoms with van der Waals surface area (Å²) in [5, 5.41) is 2.88. The predicted molar refractivity (Wildman–Crippen MR) is 57.1 cm³/mol. The second-order valence-corrected chi connectivity index (χ2v) is 4.43. The predicted octanol–water partition coefficient (Wildman–Crippen LogP) is 0.918. The van der Waals surface area contributed by atoms with E-state index in [1.54, 1.807) is 0 Å². The van der Waals surface area contributed by atoms with Crippen LogP contribution in [0.25, 0.3) is 0 Å². The van der Waals surface area contributed by atoms with Gasteiger partial charge in [0.15, 0.2) is 0 Å². The zero-order valence-corrected chi connectivity index (χ0v) is 9.34. The molecule has 0 bridgehead atoms. The van der Waals surface area contributed by atoms with Crippen LogP contribution in [0, 0.1) is 0 Å². The van der Waals surface area contributed by atoms with E-state index in [-0.39, 0.29) is 17.6 Å². The Morgan fingerprint density at radius 3 is 2.71 bits per heavy atom. The fourth-order valence-corrected chi connectivity index (χ4v) is 1.80. The summed E-state index contributed by atoms with van der Waals surface area (Å²) >= 11 is 0. The first-order valence-electron chi connectivity index (χ1n) is 5.31. The molecular formula is C10H21N3O. The van der Waals surface area contributed by atoms with Crippen LogP contribution in [0.5, 0.6) is 0 Å². The van der Waals surface area contributed by atoms with Crippen molar-refractivity contribution in [2.45, 2.75) is 45.2 Å². The van der Waals surface area contributed by atoms with Crippen molar-refractivity contribution in [3.8, 4) is 0 Å². The van der Waals surface area contributed by atoms with E-state index in [4.69, 9.17) is 5.73 Å². The Labute approximate surface area is 85.8 Å². The molecule has 1 aliphatic rings. The molecule has 1 saturated heterocycles. The molecule has 1 atom stereocenters. The van der Waals surface area contributed by atoms with Crippen molar-refractivity contribution in [3.05, 3.63) is 0 Å². The fraction of sp³-hybridized carbons (Fsp3) is 0.900. The lowest BCUT2D eigenvalue weighted by Crippen LogP contribution is -2.54. The van der Waals surface area contributed by atoms with Crippen molar-refractivity contribution >= 4 is 6.03 Å². The number of rotatable bonds is 2. The fourth-order valence-electron chi connectivity index (χ4n) is 1.80. The number of carbonyl (C=O) groups excluding carboxylic acids is 1. The van der Waals surface area contributed by atoms with Crippen LogP contribution in [-0.4, -0.2) is 35.6 Å². The molecule has 0 saturated carbocycles. The Morgan fingerprint density at radius 1 is 1.64 bits per heavy atom. The minimum absolute atomic E-state index is 0.0183. The summed E-state index contributed by atoms with van der Waals surface area (Å²) in [6.07, 6.45) is 1.86. The van der Waals surface area contributed by atoms with Gasteiger partial charge in [0, 0.05) is 19.1 Å². The molecule has 1 heterocycles. The van der Waals surface area contributed by atoms with Gasteiger partial charge in [-0.25, -0.2) is 4.79 Å². The Morgan fingerprint density at radius 2 is 2.29 bits per heavy atom. The molecular weight excluding hydrogens is 178 g/mol. The highest BCUT2D eigenvalue weighted by Crippen LogP contribution is 2.27. The number of likely N-dealkylation sites (tertiary alicyclic amines) is 1. The standard InChI is InChI=1S/C10H21N3O/c1-4-6-12-9(14)13-7-5-8(11)10(13,2)3/h8H,4-7,11H2,1-3H3,(H,12,14). The average molecular weight is 199 g/mol. The molecule has 1 fully saturated rings. The largest absolute Gasteiger partial charge is 0.338 e. The molecule has 82 valence electrons. The minimum atomic E-state index is -0.210. The average Bonchev–Trinajstić information content (AvgIpc) is 2.38. The lowest BCUT2D eigenvalue weighted by Gasteiger charge is -2.34. The zero-order chi connectivity index (χ0) is 10.8. The summed E-state index contributed by atoms with van der Waals surface area (Å²) in [7, 11) is 0. The molecule has 3 N–H and O–H groups in total. The van der Waals surface area contributed by atoms with Gasteiger partial charge in [0.1, 0.15) is 0 Å². The summed E-state index contributed by atoms with van der Waals surface area (Å²) in [5.74, 6) is 0. The molecule has 4 heteroatoms. The van der Waals surface area contributed by atoms with Crippen molar-refractivity contribution in [1.29, 1.82) is 0 Å². The first-order valence-corrected chi connectivity index (χ1v) is 5.31. The van der Waals surface area contributed by atoms with Gasteiger partial charge >= 0.3 is 6.03 Å². The third-order valence-corrected chi connectivity index (χ3v) is 3.04. The van der Waals surface area contributed by atoms with Gasteiger partial charge in [0.2, 0.25) is 0 Å². The monoisotopic (exact) mass is 199 g/mol. The molecule has 0 aromatic heterocycles. The lowest BCUT2D eigenvalue weighted by molar-refractivity contribution is 0.159. The quantitative estimate of drug-likeness (QED) is 0.694. The zero-order valence-electron chi connectivity index (χ0n) is 9.34. The van der Waals surface area contributed by atoms with Crippen molar-refractivity contribution < 1.29 is 4.79 Å². The summed E-state index contributed by atoms with van der Waals surface area (Å²) in [6, 6.07) is 0.111. The molecule has 1 aliphatic heterocycles. The smallest absolute Gasteiger partial charge is 0.317 e. The highest BCUT2D eigenvalue weighted by molar-refractivity contribution is 5.75. The van der Waals surface area contributed by atoms with Crippen molar-refractivity contribution in [2.24, 2.45) is 5.73 Å². The maximum Gasteiger partial charge on any atom is 0.317 e. The molecule has 2 amide bonds. The second-order valence-electron chi connectivity index (χ2n) is 4.43. The van der Waals surface area contributed by atoms with Crippen LogP contribution in [0.1, 0.15) is 33.6 Å². The van der Waals surface area contributed by atoms with Crippen LogP contribution in [0.15, 0.2) is 0 Å². The Kier molecular flexibility index (Phi) is 3.37. The molecule has 1 rings (SSSR count). The SMILES string of the molecule is CCCNC(=O)N1CCC(N)C1(C)C. The summed E-state index contributed by atoms with van der Waals surface area (Å²) < 4.78 is 0. The van der Waals surface area contributed by atoms with Gasteiger partial charge in [0.05, 0.1) is 5.54 Å². The summed E-state index contributed by atoms with van der Waals surface area (Å²) in [6.45, 7) is 7.60. The Bertz CT molecular complexity index is 215. The topological polar surface area (TPSA) is 58.4 Å². The summed E-state index contributed by atoms with van der Waals surface area (Å²) in [4.78, 5) is 13.6. The van der Waals surface area contributed by atoms with E-state index >= 15 is 0 Å². The first kappa shape index (κ1) is 11.3. The molecule has 14 heavy (non-hydrogen) atoms. The van der Waals surface area contributed by atoms with Crippen LogP contribution in [-0.2, 0) is 0 Å². The van der Waals surface area contributed by atoms with Crippen LogP contribution < -0.4 is 11.1 Å². The molecule has 0 spiro atoms. The number of amides is 2. The molecule has 1 unspecified atom stereocenters. The van der Waals surface area contributed by atoms with Gasteiger partial charge in [-0.2, -0.15) is 0 Å². The lowest BCUT2D eigenvalue weighted by atomic mass is 9.97. The van der Waals surface area contributed by atoms with Gasteiger partial charge in [-0.3, -0.25) is 0 Å². The van der Waals surface area contributed by atoms with Crippen LogP contribution in [0.3, 0.4) is 0 Å². The van der Waals surface area contributed by atoms with E-state index in [2.05, 4.69) is 5.32 Å². The number of hydrogen-bond donors (Lipinski definition) is 2. The van der Waals surface area contributed by atoms with E-state index in [1.807, 2.05) is 25.7 Å². The highest BCUT2D eigenvalue weighted by atomic mass is 16.2.